The number of carboxylic acid groups (broad SMARTS) is 1. The molecule has 0 bridgehead atoms. The van der Waals surface area contributed by atoms with E-state index in [1.807, 2.05) is 0 Å². The molecular formula is C9H13N3O2S. The lowest BCUT2D eigenvalue weighted by Gasteiger charge is -2.12. The van der Waals surface area contributed by atoms with Gasteiger partial charge in [-0.15, -0.1) is 0 Å². The average molecular weight is 227 g/mol. The second kappa shape index (κ2) is 3.79. The summed E-state index contributed by atoms with van der Waals surface area (Å²) in [5.41, 5.74) is 6.37. The second-order valence-corrected chi connectivity index (χ2v) is 4.69. The quantitative estimate of drug-likeness (QED) is 0.777. The van der Waals surface area contributed by atoms with E-state index in [1.165, 1.54) is 11.3 Å². The van der Waals surface area contributed by atoms with Crippen molar-refractivity contribution in [3.05, 3.63) is 10.6 Å². The van der Waals surface area contributed by atoms with Crippen LogP contribution in [-0.4, -0.2) is 35.2 Å². The summed E-state index contributed by atoms with van der Waals surface area (Å²) >= 11 is 1.23. The van der Waals surface area contributed by atoms with Gasteiger partial charge in [0.25, 0.3) is 0 Å². The highest BCUT2D eigenvalue weighted by molar-refractivity contribution is 7.17. The molecule has 0 unspecified atom stereocenters. The number of carbonyl (C=O) groups is 1. The second-order valence-electron chi connectivity index (χ2n) is 3.71. The van der Waals surface area contributed by atoms with Crippen molar-refractivity contribution in [1.29, 1.82) is 0 Å². The van der Waals surface area contributed by atoms with Crippen molar-refractivity contribution in [2.45, 2.75) is 19.4 Å². The molecule has 2 rings (SSSR count). The summed E-state index contributed by atoms with van der Waals surface area (Å²) in [5, 5.41) is 9.68. The highest BCUT2D eigenvalue weighted by Crippen LogP contribution is 2.28. The van der Waals surface area contributed by atoms with Crippen LogP contribution in [0.15, 0.2) is 0 Å². The van der Waals surface area contributed by atoms with Gasteiger partial charge in [-0.2, -0.15) is 0 Å². The fourth-order valence-corrected chi connectivity index (χ4v) is 2.62. The number of nitrogens with two attached hydrogens (primary N) is 1. The normalized spacial score (nSPS) is 20.9. The van der Waals surface area contributed by atoms with E-state index in [2.05, 4.69) is 9.88 Å². The summed E-state index contributed by atoms with van der Waals surface area (Å²) in [7, 11) is 0. The molecule has 6 heteroatoms. The molecule has 0 saturated carbocycles. The van der Waals surface area contributed by atoms with Gasteiger partial charge in [0.15, 0.2) is 5.13 Å². The lowest BCUT2D eigenvalue weighted by atomic mass is 10.3. The van der Waals surface area contributed by atoms with Gasteiger partial charge in [-0.25, -0.2) is 9.78 Å². The van der Waals surface area contributed by atoms with Crippen LogP contribution in [0, 0.1) is 6.92 Å². The van der Waals surface area contributed by atoms with Crippen LogP contribution >= 0.6 is 11.3 Å². The van der Waals surface area contributed by atoms with Crippen molar-refractivity contribution in [1.82, 2.24) is 4.98 Å². The number of thiazole rings is 1. The molecule has 0 amide bonds. The van der Waals surface area contributed by atoms with E-state index >= 15 is 0 Å². The maximum atomic E-state index is 10.8. The molecule has 0 aromatic carbocycles. The first kappa shape index (κ1) is 10.4. The lowest BCUT2D eigenvalue weighted by Crippen LogP contribution is -2.26. The van der Waals surface area contributed by atoms with Crippen LogP contribution in [0.5, 0.6) is 0 Å². The summed E-state index contributed by atoms with van der Waals surface area (Å²) in [6, 6.07) is 0.183. The first-order valence-corrected chi connectivity index (χ1v) is 5.61. The molecule has 1 aliphatic heterocycles. The zero-order valence-corrected chi connectivity index (χ0v) is 9.25. The van der Waals surface area contributed by atoms with E-state index in [4.69, 9.17) is 10.8 Å². The predicted molar refractivity (Wildman–Crippen MR) is 58.6 cm³/mol. The number of hydrogen-bond donors (Lipinski definition) is 2. The van der Waals surface area contributed by atoms with Gasteiger partial charge in [0.05, 0.1) is 5.69 Å². The molecule has 1 aromatic heterocycles. The van der Waals surface area contributed by atoms with Crippen molar-refractivity contribution in [2.75, 3.05) is 18.0 Å². The summed E-state index contributed by atoms with van der Waals surface area (Å²) in [6.45, 7) is 3.36. The minimum atomic E-state index is -0.903. The van der Waals surface area contributed by atoms with Crippen LogP contribution in [0.1, 0.15) is 21.8 Å². The number of carboxylic acids is 1. The standard InChI is InChI=1S/C9H13N3O2S/c1-5-7(8(13)14)15-9(11-5)12-3-2-6(10)4-12/h6H,2-4,10H2,1H3,(H,13,14)/t6-/m1/s1. The number of aromatic carboxylic acids is 1. The topological polar surface area (TPSA) is 79.5 Å². The highest BCUT2D eigenvalue weighted by atomic mass is 32.1. The summed E-state index contributed by atoms with van der Waals surface area (Å²) in [4.78, 5) is 17.5. The molecule has 1 fully saturated rings. The molecule has 1 atom stereocenters. The number of rotatable bonds is 2. The van der Waals surface area contributed by atoms with Crippen molar-refractivity contribution in [3.8, 4) is 0 Å². The van der Waals surface area contributed by atoms with E-state index in [-0.39, 0.29) is 6.04 Å². The Bertz CT molecular complexity index is 391. The van der Waals surface area contributed by atoms with Crippen molar-refractivity contribution in [2.24, 2.45) is 5.73 Å². The van der Waals surface area contributed by atoms with E-state index in [1.54, 1.807) is 6.92 Å². The van der Waals surface area contributed by atoms with Crippen LogP contribution in [-0.2, 0) is 0 Å². The molecule has 1 aliphatic rings. The molecule has 0 aliphatic carbocycles. The number of anilines is 1. The Morgan fingerprint density at radius 2 is 2.47 bits per heavy atom. The highest BCUT2D eigenvalue weighted by Gasteiger charge is 2.24. The monoisotopic (exact) mass is 227 g/mol. The van der Waals surface area contributed by atoms with Crippen LogP contribution in [0.25, 0.3) is 0 Å². The first-order chi connectivity index (χ1) is 7.08. The third kappa shape index (κ3) is 1.95. The maximum Gasteiger partial charge on any atom is 0.347 e. The number of aryl methyl sites for hydroxylation is 1. The Labute approximate surface area is 91.5 Å². The predicted octanol–water partition coefficient (Wildman–Crippen LogP) is 0.687. The molecule has 15 heavy (non-hydrogen) atoms. The molecule has 3 N–H and O–H groups in total. The maximum absolute atomic E-state index is 10.8. The third-order valence-electron chi connectivity index (χ3n) is 2.47. The van der Waals surface area contributed by atoms with Crippen molar-refractivity contribution >= 4 is 22.4 Å². The molecular weight excluding hydrogens is 214 g/mol. The van der Waals surface area contributed by atoms with Gasteiger partial charge in [-0.3, -0.25) is 0 Å². The molecule has 0 spiro atoms. The van der Waals surface area contributed by atoms with Gasteiger partial charge >= 0.3 is 5.97 Å². The molecule has 1 saturated heterocycles. The Morgan fingerprint density at radius 3 is 2.93 bits per heavy atom. The van der Waals surface area contributed by atoms with Gasteiger partial charge in [0, 0.05) is 19.1 Å². The SMILES string of the molecule is Cc1nc(N2CC[C@@H](N)C2)sc1C(=O)O. The molecule has 1 aromatic rings. The van der Waals surface area contributed by atoms with E-state index in [0.717, 1.165) is 24.6 Å². The Morgan fingerprint density at radius 1 is 1.73 bits per heavy atom. The van der Waals surface area contributed by atoms with E-state index < -0.39 is 5.97 Å². The minimum absolute atomic E-state index is 0.183. The van der Waals surface area contributed by atoms with Gasteiger partial charge in [0.2, 0.25) is 0 Å². The van der Waals surface area contributed by atoms with Crippen molar-refractivity contribution < 1.29 is 9.90 Å². The molecule has 0 radical (unpaired) electrons. The van der Waals surface area contributed by atoms with Gasteiger partial charge in [-0.1, -0.05) is 11.3 Å². The summed E-state index contributed by atoms with van der Waals surface area (Å²) in [6.07, 6.45) is 0.945. The van der Waals surface area contributed by atoms with Crippen LogP contribution in [0.4, 0.5) is 5.13 Å². The van der Waals surface area contributed by atoms with E-state index in [9.17, 15) is 4.79 Å². The lowest BCUT2D eigenvalue weighted by molar-refractivity contribution is 0.0701. The largest absolute Gasteiger partial charge is 0.477 e. The Balaban J connectivity index is 2.23. The van der Waals surface area contributed by atoms with Crippen LogP contribution < -0.4 is 10.6 Å². The summed E-state index contributed by atoms with van der Waals surface area (Å²) in [5.74, 6) is -0.903. The molecule has 2 heterocycles. The third-order valence-corrected chi connectivity index (χ3v) is 3.68. The van der Waals surface area contributed by atoms with E-state index in [0.29, 0.717) is 10.6 Å². The Kier molecular flexibility index (Phi) is 2.62. The zero-order valence-electron chi connectivity index (χ0n) is 8.43. The first-order valence-electron chi connectivity index (χ1n) is 4.79. The molecule has 5 nitrogen and oxygen atoms in total. The van der Waals surface area contributed by atoms with Gasteiger partial charge in [0.1, 0.15) is 4.88 Å². The number of nitrogens with zero attached hydrogens (tertiary/aromatic N) is 2. The Hall–Kier alpha value is -1.14. The number of hydrogen-bond acceptors (Lipinski definition) is 5. The average Bonchev–Trinajstić information content (AvgIpc) is 2.71. The zero-order chi connectivity index (χ0) is 11.0. The van der Waals surface area contributed by atoms with Gasteiger partial charge < -0.3 is 15.7 Å². The fraction of sp³-hybridized carbons (Fsp3) is 0.556. The van der Waals surface area contributed by atoms with Crippen molar-refractivity contribution in [3.63, 3.8) is 0 Å². The van der Waals surface area contributed by atoms with Gasteiger partial charge in [-0.05, 0) is 13.3 Å². The van der Waals surface area contributed by atoms with Crippen LogP contribution in [0.2, 0.25) is 0 Å². The van der Waals surface area contributed by atoms with Crippen LogP contribution in [0.3, 0.4) is 0 Å². The molecule has 82 valence electrons. The summed E-state index contributed by atoms with van der Waals surface area (Å²) < 4.78 is 0. The number of aromatic nitrogens is 1. The fourth-order valence-electron chi connectivity index (χ4n) is 1.68. The smallest absolute Gasteiger partial charge is 0.347 e. The minimum Gasteiger partial charge on any atom is -0.477 e.